The molecule has 0 spiro atoms. The predicted octanol–water partition coefficient (Wildman–Crippen LogP) is 0.906. The van der Waals surface area contributed by atoms with E-state index < -0.39 is 0 Å². The molecular weight excluding hydrogens is 188 g/mol. The lowest BCUT2D eigenvalue weighted by Gasteiger charge is -2.04. The Balaban J connectivity index is 2.88. The first-order chi connectivity index (χ1) is 4.31. The van der Waals surface area contributed by atoms with Crippen molar-refractivity contribution in [2.45, 2.75) is 0 Å². The highest BCUT2D eigenvalue weighted by molar-refractivity contribution is 9.09. The third-order valence-corrected chi connectivity index (χ3v) is 1.15. The average molecular weight is 198 g/mol. The van der Waals surface area contributed by atoms with Gasteiger partial charge in [0.25, 0.3) is 0 Å². The average Bonchev–Trinajstić information content (AvgIpc) is 1.89. The summed E-state index contributed by atoms with van der Waals surface area (Å²) in [4.78, 5) is 0. The third kappa shape index (κ3) is 6.24. The maximum Gasteiger partial charge on any atom is 0.232 e. The topological polar surface area (TPSA) is 38.7 Å². The highest BCUT2D eigenvalue weighted by atomic mass is 79.9. The summed E-state index contributed by atoms with van der Waals surface area (Å²) >= 11 is 3.01. The minimum Gasteiger partial charge on any atom is -0.382 e. The van der Waals surface area contributed by atoms with Gasteiger partial charge in [0, 0.05) is 7.11 Å². The van der Waals surface area contributed by atoms with Crippen LogP contribution < -0.4 is 0 Å². The molecule has 0 aliphatic rings. The second-order valence-corrected chi connectivity index (χ2v) is 1.93. The highest BCUT2D eigenvalue weighted by Crippen LogP contribution is 1.99. The molecule has 1 radical (unpaired) electrons. The molecule has 0 fully saturated rings. The number of ether oxygens (including phenoxy) is 2. The summed E-state index contributed by atoms with van der Waals surface area (Å²) in [7, 11) is 1.58. The van der Waals surface area contributed by atoms with Crippen molar-refractivity contribution in [3.05, 3.63) is 6.29 Å². The van der Waals surface area contributed by atoms with Gasteiger partial charge in [0.05, 0.1) is 18.5 Å². The summed E-state index contributed by atoms with van der Waals surface area (Å²) in [5.41, 5.74) is 0. The van der Waals surface area contributed by atoms with Gasteiger partial charge in [-0.2, -0.15) is 0 Å². The summed E-state index contributed by atoms with van der Waals surface area (Å²) < 4.78 is 9.40. The summed E-state index contributed by atoms with van der Waals surface area (Å²) in [5.74, 6) is 0. The smallest absolute Gasteiger partial charge is 0.232 e. The first-order valence-electron chi connectivity index (χ1n) is 2.53. The van der Waals surface area contributed by atoms with E-state index in [-0.39, 0.29) is 6.29 Å². The Labute approximate surface area is 63.1 Å². The van der Waals surface area contributed by atoms with Gasteiger partial charge in [-0.3, -0.25) is 0 Å². The van der Waals surface area contributed by atoms with E-state index in [1.54, 1.807) is 7.11 Å². The van der Waals surface area contributed by atoms with Gasteiger partial charge in [0.2, 0.25) is 6.29 Å². The van der Waals surface area contributed by atoms with Crippen LogP contribution in [0.3, 0.4) is 0 Å². The number of aliphatic hydroxyl groups excluding tert-OH is 1. The molecule has 0 aromatic heterocycles. The number of methoxy groups -OCH3 is 1. The van der Waals surface area contributed by atoms with Crippen LogP contribution in [-0.2, 0) is 9.47 Å². The SMILES string of the molecule is COCCO[C](O)CBr. The molecule has 3 nitrogen and oxygen atoms in total. The van der Waals surface area contributed by atoms with Crippen LogP contribution in [0.5, 0.6) is 0 Å². The van der Waals surface area contributed by atoms with Crippen molar-refractivity contribution in [2.75, 3.05) is 25.7 Å². The minimum atomic E-state index is -0.00736. The minimum absolute atomic E-state index is 0.00736. The Morgan fingerprint density at radius 1 is 1.56 bits per heavy atom. The Morgan fingerprint density at radius 3 is 2.67 bits per heavy atom. The van der Waals surface area contributed by atoms with Crippen LogP contribution in [-0.4, -0.2) is 30.8 Å². The zero-order chi connectivity index (χ0) is 7.11. The van der Waals surface area contributed by atoms with Gasteiger partial charge >= 0.3 is 0 Å². The molecule has 0 aliphatic carbocycles. The number of aliphatic hydroxyl groups is 1. The van der Waals surface area contributed by atoms with Crippen molar-refractivity contribution in [2.24, 2.45) is 0 Å². The van der Waals surface area contributed by atoms with Crippen molar-refractivity contribution < 1.29 is 14.6 Å². The largest absolute Gasteiger partial charge is 0.382 e. The second kappa shape index (κ2) is 6.48. The molecule has 0 aromatic carbocycles. The molecule has 0 aromatic rings. The van der Waals surface area contributed by atoms with Crippen molar-refractivity contribution in [1.82, 2.24) is 0 Å². The molecule has 0 bridgehead atoms. The molecule has 0 saturated carbocycles. The standard InChI is InChI=1S/C5H10BrO3/c1-8-2-3-9-5(7)4-6/h7H,2-4H2,1H3. The number of hydrogen-bond donors (Lipinski definition) is 1. The van der Waals surface area contributed by atoms with Gasteiger partial charge in [0.1, 0.15) is 0 Å². The van der Waals surface area contributed by atoms with E-state index >= 15 is 0 Å². The fraction of sp³-hybridized carbons (Fsp3) is 0.800. The van der Waals surface area contributed by atoms with E-state index in [2.05, 4.69) is 20.7 Å². The van der Waals surface area contributed by atoms with E-state index in [9.17, 15) is 0 Å². The highest BCUT2D eigenvalue weighted by Gasteiger charge is 2.00. The number of halogens is 1. The first kappa shape index (κ1) is 9.36. The van der Waals surface area contributed by atoms with Crippen LogP contribution in [0.2, 0.25) is 0 Å². The molecule has 55 valence electrons. The molecule has 0 heterocycles. The fourth-order valence-electron chi connectivity index (χ4n) is 0.281. The fourth-order valence-corrected chi connectivity index (χ4v) is 0.443. The predicted molar refractivity (Wildman–Crippen MR) is 36.8 cm³/mol. The van der Waals surface area contributed by atoms with Crippen LogP contribution in [0.4, 0.5) is 0 Å². The monoisotopic (exact) mass is 197 g/mol. The molecule has 9 heavy (non-hydrogen) atoms. The number of alkyl halides is 1. The Hall–Kier alpha value is 0.360. The molecular formula is C5H10BrO3. The van der Waals surface area contributed by atoms with E-state index in [1.165, 1.54) is 0 Å². The first-order valence-corrected chi connectivity index (χ1v) is 3.66. The Kier molecular flexibility index (Phi) is 6.74. The van der Waals surface area contributed by atoms with Crippen molar-refractivity contribution in [3.8, 4) is 0 Å². The normalized spacial score (nSPS) is 10.7. The maximum atomic E-state index is 8.68. The zero-order valence-electron chi connectivity index (χ0n) is 5.26. The second-order valence-electron chi connectivity index (χ2n) is 1.37. The summed E-state index contributed by atoms with van der Waals surface area (Å²) in [5, 5.41) is 9.03. The van der Waals surface area contributed by atoms with Gasteiger partial charge in [0.15, 0.2) is 0 Å². The molecule has 1 N–H and O–H groups in total. The molecule has 0 rings (SSSR count). The van der Waals surface area contributed by atoms with Gasteiger partial charge < -0.3 is 14.6 Å². The molecule has 0 amide bonds. The van der Waals surface area contributed by atoms with Crippen LogP contribution >= 0.6 is 15.9 Å². The summed E-state index contributed by atoms with van der Waals surface area (Å²) in [6.07, 6.45) is -0.00736. The molecule has 0 unspecified atom stereocenters. The van der Waals surface area contributed by atoms with Crippen molar-refractivity contribution >= 4 is 15.9 Å². The van der Waals surface area contributed by atoms with Crippen LogP contribution in [0.15, 0.2) is 0 Å². The van der Waals surface area contributed by atoms with Gasteiger partial charge in [-0.25, -0.2) is 0 Å². The van der Waals surface area contributed by atoms with Crippen LogP contribution in [0.25, 0.3) is 0 Å². The molecule has 0 atom stereocenters. The number of hydrogen-bond acceptors (Lipinski definition) is 3. The summed E-state index contributed by atoms with van der Waals surface area (Å²) in [6.45, 7) is 0.894. The zero-order valence-corrected chi connectivity index (χ0v) is 6.85. The van der Waals surface area contributed by atoms with Gasteiger partial charge in [-0.05, 0) is 0 Å². The lowest BCUT2D eigenvalue weighted by molar-refractivity contribution is -0.00505. The summed E-state index contributed by atoms with van der Waals surface area (Å²) in [6, 6.07) is 0. The Morgan fingerprint density at radius 2 is 2.22 bits per heavy atom. The molecule has 4 heteroatoms. The lowest BCUT2D eigenvalue weighted by atomic mass is 10.7. The van der Waals surface area contributed by atoms with Gasteiger partial charge in [-0.1, -0.05) is 15.9 Å². The van der Waals surface area contributed by atoms with Crippen LogP contribution in [0.1, 0.15) is 0 Å². The van der Waals surface area contributed by atoms with E-state index in [0.717, 1.165) is 0 Å². The third-order valence-electron chi connectivity index (χ3n) is 0.670. The van der Waals surface area contributed by atoms with E-state index in [0.29, 0.717) is 18.5 Å². The van der Waals surface area contributed by atoms with Gasteiger partial charge in [-0.15, -0.1) is 0 Å². The maximum absolute atomic E-state index is 8.68. The molecule has 0 saturated heterocycles. The van der Waals surface area contributed by atoms with E-state index in [1.807, 2.05) is 0 Å². The quantitative estimate of drug-likeness (QED) is 0.527. The lowest BCUT2D eigenvalue weighted by Crippen LogP contribution is -2.08. The van der Waals surface area contributed by atoms with Crippen molar-refractivity contribution in [1.29, 1.82) is 0 Å². The van der Waals surface area contributed by atoms with E-state index in [4.69, 9.17) is 9.84 Å². The number of rotatable bonds is 5. The van der Waals surface area contributed by atoms with Crippen molar-refractivity contribution in [3.63, 3.8) is 0 Å². The molecule has 0 aliphatic heterocycles. The Bertz CT molecular complexity index is 60.2. The van der Waals surface area contributed by atoms with Crippen LogP contribution in [0, 0.1) is 6.29 Å².